The molecular formula is C25H25N3OS. The number of hydrogen-bond acceptors (Lipinski definition) is 2. The summed E-state index contributed by atoms with van der Waals surface area (Å²) in [5, 5.41) is 7.28. The average Bonchev–Trinajstić information content (AvgIpc) is 3.19. The van der Waals surface area contributed by atoms with Gasteiger partial charge in [-0.15, -0.1) is 0 Å². The van der Waals surface area contributed by atoms with Gasteiger partial charge < -0.3 is 15.5 Å². The molecule has 3 aromatic carbocycles. The van der Waals surface area contributed by atoms with Gasteiger partial charge in [-0.1, -0.05) is 60.2 Å². The van der Waals surface area contributed by atoms with Crippen LogP contribution in [0.2, 0.25) is 0 Å². The lowest BCUT2D eigenvalue weighted by molar-refractivity contribution is -0.117. The Balaban J connectivity index is 1.48. The maximum absolute atomic E-state index is 11.9. The second-order valence-electron chi connectivity index (χ2n) is 7.55. The van der Waals surface area contributed by atoms with E-state index in [-0.39, 0.29) is 11.9 Å². The van der Waals surface area contributed by atoms with E-state index in [4.69, 9.17) is 12.2 Å². The molecule has 1 saturated heterocycles. The van der Waals surface area contributed by atoms with Crippen molar-refractivity contribution in [3.63, 3.8) is 0 Å². The minimum absolute atomic E-state index is 0.0485. The molecule has 1 amide bonds. The highest BCUT2D eigenvalue weighted by molar-refractivity contribution is 7.80. The zero-order valence-corrected chi connectivity index (χ0v) is 17.8. The van der Waals surface area contributed by atoms with E-state index in [9.17, 15) is 4.79 Å². The van der Waals surface area contributed by atoms with Crippen LogP contribution in [-0.2, 0) is 4.79 Å². The first kappa shape index (κ1) is 20.1. The van der Waals surface area contributed by atoms with E-state index < -0.39 is 0 Å². The number of hydrogen-bond donors (Lipinski definition) is 2. The molecular weight excluding hydrogens is 390 g/mol. The molecule has 0 bridgehead atoms. The zero-order chi connectivity index (χ0) is 20.9. The fourth-order valence-corrected chi connectivity index (χ4v) is 4.03. The van der Waals surface area contributed by atoms with Crippen molar-refractivity contribution in [2.24, 2.45) is 0 Å². The molecule has 0 spiro atoms. The Kier molecular flexibility index (Phi) is 6.10. The fourth-order valence-electron chi connectivity index (χ4n) is 3.80. The number of aryl methyl sites for hydroxylation is 1. The van der Waals surface area contributed by atoms with Crippen LogP contribution in [0.15, 0.2) is 78.9 Å². The van der Waals surface area contributed by atoms with Gasteiger partial charge in [-0.25, -0.2) is 0 Å². The van der Waals surface area contributed by atoms with Crippen LogP contribution in [0.25, 0.3) is 0 Å². The van der Waals surface area contributed by atoms with E-state index >= 15 is 0 Å². The van der Waals surface area contributed by atoms with Crippen LogP contribution in [0.4, 0.5) is 11.4 Å². The van der Waals surface area contributed by atoms with Crippen molar-refractivity contribution in [1.29, 1.82) is 0 Å². The Morgan fingerprint density at radius 3 is 2.37 bits per heavy atom. The molecule has 0 saturated carbocycles. The van der Waals surface area contributed by atoms with Gasteiger partial charge in [-0.3, -0.25) is 4.79 Å². The number of rotatable bonds is 5. The lowest BCUT2D eigenvalue weighted by atomic mass is 9.97. The number of amides is 1. The Morgan fingerprint density at radius 1 is 0.967 bits per heavy atom. The summed E-state index contributed by atoms with van der Waals surface area (Å²) in [6.45, 7) is 2.88. The van der Waals surface area contributed by atoms with Gasteiger partial charge in [0.25, 0.3) is 0 Å². The van der Waals surface area contributed by atoms with E-state index in [2.05, 4.69) is 54.0 Å². The van der Waals surface area contributed by atoms with Gasteiger partial charge in [0.15, 0.2) is 5.11 Å². The predicted molar refractivity (Wildman–Crippen MR) is 127 cm³/mol. The monoisotopic (exact) mass is 415 g/mol. The smallest absolute Gasteiger partial charge is 0.227 e. The molecule has 1 fully saturated rings. The number of anilines is 2. The Bertz CT molecular complexity index is 1030. The van der Waals surface area contributed by atoms with Crippen LogP contribution < -0.4 is 15.5 Å². The molecule has 3 aromatic rings. The van der Waals surface area contributed by atoms with Crippen molar-refractivity contribution in [2.75, 3.05) is 16.8 Å². The Hall–Kier alpha value is -3.18. The second kappa shape index (κ2) is 9.09. The molecule has 5 heteroatoms. The fraction of sp³-hybridized carbons (Fsp3) is 0.200. The molecule has 1 aliphatic rings. The minimum Gasteiger partial charge on any atom is -0.352 e. The molecule has 0 aromatic heterocycles. The minimum atomic E-state index is -0.0485. The molecule has 1 aliphatic heterocycles. The molecule has 152 valence electrons. The lowest BCUT2D eigenvalue weighted by Crippen LogP contribution is -2.33. The third kappa shape index (κ3) is 4.69. The number of nitrogens with zero attached hydrogens (tertiary/aromatic N) is 1. The van der Waals surface area contributed by atoms with Crippen LogP contribution in [-0.4, -0.2) is 17.6 Å². The van der Waals surface area contributed by atoms with Crippen LogP contribution in [0.1, 0.15) is 35.6 Å². The molecule has 0 unspecified atom stereocenters. The summed E-state index contributed by atoms with van der Waals surface area (Å²) < 4.78 is 0. The van der Waals surface area contributed by atoms with Gasteiger partial charge >= 0.3 is 0 Å². The largest absolute Gasteiger partial charge is 0.352 e. The van der Waals surface area contributed by atoms with Gasteiger partial charge in [0, 0.05) is 24.3 Å². The molecule has 30 heavy (non-hydrogen) atoms. The topological polar surface area (TPSA) is 44.4 Å². The standard InChI is InChI=1S/C25H25N3OS/c1-18-7-5-10-20(17-18)24(19-8-3-2-4-9-19)27-25(30)26-21-12-14-22(15-13-21)28-16-6-11-23(28)29/h2-5,7-10,12-15,17,24H,6,11,16H2,1H3,(H2,26,27,30)/t24-/m1/s1. The van der Waals surface area contributed by atoms with E-state index in [0.717, 1.165) is 35.5 Å². The average molecular weight is 416 g/mol. The normalized spacial score (nSPS) is 14.4. The van der Waals surface area contributed by atoms with Gasteiger partial charge in [0.05, 0.1) is 6.04 Å². The number of carbonyl (C=O) groups is 1. The molecule has 2 N–H and O–H groups in total. The van der Waals surface area contributed by atoms with E-state index in [0.29, 0.717) is 11.5 Å². The van der Waals surface area contributed by atoms with Crippen molar-refractivity contribution in [1.82, 2.24) is 5.32 Å². The summed E-state index contributed by atoms with van der Waals surface area (Å²) in [6, 6.07) is 26.5. The van der Waals surface area contributed by atoms with Crippen molar-refractivity contribution >= 4 is 34.6 Å². The second-order valence-corrected chi connectivity index (χ2v) is 7.96. The molecule has 1 heterocycles. The lowest BCUT2D eigenvalue weighted by Gasteiger charge is -2.23. The van der Waals surface area contributed by atoms with Gasteiger partial charge in [0.1, 0.15) is 0 Å². The molecule has 1 atom stereocenters. The predicted octanol–water partition coefficient (Wildman–Crippen LogP) is 5.20. The van der Waals surface area contributed by atoms with Gasteiger partial charge in [-0.05, 0) is 61.0 Å². The van der Waals surface area contributed by atoms with Crippen molar-refractivity contribution in [3.8, 4) is 0 Å². The first-order valence-electron chi connectivity index (χ1n) is 10.2. The highest BCUT2D eigenvalue weighted by Crippen LogP contribution is 2.25. The SMILES string of the molecule is Cc1cccc([C@H](NC(=S)Nc2ccc(N3CCCC3=O)cc2)c2ccccc2)c1. The summed E-state index contributed by atoms with van der Waals surface area (Å²) >= 11 is 5.62. The summed E-state index contributed by atoms with van der Waals surface area (Å²) in [5.41, 5.74) is 5.34. The van der Waals surface area contributed by atoms with E-state index in [1.165, 1.54) is 5.56 Å². The maximum atomic E-state index is 11.9. The summed E-state index contributed by atoms with van der Waals surface area (Å²) in [6.07, 6.45) is 1.56. The van der Waals surface area contributed by atoms with Crippen LogP contribution in [0.3, 0.4) is 0 Å². The number of nitrogens with one attached hydrogen (secondary N) is 2. The van der Waals surface area contributed by atoms with E-state index in [1.807, 2.05) is 47.4 Å². The van der Waals surface area contributed by atoms with Crippen LogP contribution in [0, 0.1) is 6.92 Å². The number of benzene rings is 3. The number of carbonyl (C=O) groups excluding carboxylic acids is 1. The summed E-state index contributed by atoms with van der Waals surface area (Å²) in [5.74, 6) is 0.191. The first-order valence-corrected chi connectivity index (χ1v) is 10.6. The van der Waals surface area contributed by atoms with Crippen molar-refractivity contribution in [2.45, 2.75) is 25.8 Å². The zero-order valence-electron chi connectivity index (χ0n) is 17.0. The molecule has 0 aliphatic carbocycles. The number of thiocarbonyl (C=S) groups is 1. The molecule has 4 rings (SSSR count). The highest BCUT2D eigenvalue weighted by atomic mass is 32.1. The van der Waals surface area contributed by atoms with Crippen molar-refractivity contribution < 1.29 is 4.79 Å². The quantitative estimate of drug-likeness (QED) is 0.563. The van der Waals surface area contributed by atoms with Crippen LogP contribution >= 0.6 is 12.2 Å². The van der Waals surface area contributed by atoms with Gasteiger partial charge in [-0.2, -0.15) is 0 Å². The summed E-state index contributed by atoms with van der Waals surface area (Å²) in [4.78, 5) is 13.8. The Morgan fingerprint density at radius 2 is 1.70 bits per heavy atom. The first-order chi connectivity index (χ1) is 14.6. The van der Waals surface area contributed by atoms with Crippen molar-refractivity contribution in [3.05, 3.63) is 95.6 Å². The maximum Gasteiger partial charge on any atom is 0.227 e. The summed E-state index contributed by atoms with van der Waals surface area (Å²) in [7, 11) is 0. The van der Waals surface area contributed by atoms with Crippen LogP contribution in [0.5, 0.6) is 0 Å². The highest BCUT2D eigenvalue weighted by Gasteiger charge is 2.21. The van der Waals surface area contributed by atoms with Gasteiger partial charge in [0.2, 0.25) is 5.91 Å². The third-order valence-corrected chi connectivity index (χ3v) is 5.51. The van der Waals surface area contributed by atoms with E-state index in [1.54, 1.807) is 0 Å². The molecule has 4 nitrogen and oxygen atoms in total. The third-order valence-electron chi connectivity index (χ3n) is 5.29. The molecule has 0 radical (unpaired) electrons. The Labute approximate surface area is 182 Å².